The lowest BCUT2D eigenvalue weighted by Gasteiger charge is -2.28. The molecule has 0 aliphatic heterocycles. The van der Waals surface area contributed by atoms with E-state index in [1.54, 1.807) is 0 Å². The molecule has 0 unspecified atom stereocenters. The molecule has 128 valence electrons. The minimum atomic E-state index is 0.748. The van der Waals surface area contributed by atoms with E-state index in [4.69, 9.17) is 11.2 Å². The lowest BCUT2D eigenvalue weighted by atomic mass is 10.1. The van der Waals surface area contributed by atoms with E-state index >= 15 is 0 Å². The van der Waals surface area contributed by atoms with Crippen LogP contribution >= 0.6 is 0 Å². The lowest BCUT2D eigenvalue weighted by Crippen LogP contribution is -2.25. The third-order valence-electron chi connectivity index (χ3n) is 4.20. The van der Waals surface area contributed by atoms with Gasteiger partial charge < -0.3 is 14.5 Å². The third-order valence-corrected chi connectivity index (χ3v) is 4.20. The Labute approximate surface area is 142 Å². The first-order valence-corrected chi connectivity index (χ1v) is 8.93. The summed E-state index contributed by atoms with van der Waals surface area (Å²) in [6, 6.07) is 4.24. The van der Waals surface area contributed by atoms with Gasteiger partial charge in [-0.2, -0.15) is 0 Å². The van der Waals surface area contributed by atoms with Gasteiger partial charge in [-0.3, -0.25) is 0 Å². The van der Waals surface area contributed by atoms with Crippen LogP contribution in [0, 0.1) is 12.3 Å². The first-order valence-electron chi connectivity index (χ1n) is 8.93. The zero-order valence-corrected chi connectivity index (χ0v) is 15.5. The zero-order chi connectivity index (χ0) is 17.2. The first kappa shape index (κ1) is 19.2. The molecule has 1 rings (SSSR count). The van der Waals surface area contributed by atoms with E-state index in [-0.39, 0.29) is 0 Å². The maximum absolute atomic E-state index is 6.10. The molecule has 0 radical (unpaired) electrons. The van der Waals surface area contributed by atoms with Crippen molar-refractivity contribution < 1.29 is 4.74 Å². The number of unbranched alkanes of at least 4 members (excludes halogenated alkanes) is 1. The maximum Gasteiger partial charge on any atom is 0.144 e. The molecular weight excluding hydrogens is 284 g/mol. The van der Waals surface area contributed by atoms with Crippen molar-refractivity contribution in [2.45, 2.75) is 47.5 Å². The van der Waals surface area contributed by atoms with Gasteiger partial charge in [-0.1, -0.05) is 19.3 Å². The number of ether oxygens (including phenoxy) is 1. The molecule has 0 fully saturated rings. The van der Waals surface area contributed by atoms with Crippen LogP contribution in [-0.2, 0) is 0 Å². The molecule has 0 aliphatic carbocycles. The van der Waals surface area contributed by atoms with E-state index in [1.807, 2.05) is 0 Å². The van der Waals surface area contributed by atoms with Gasteiger partial charge in [0.2, 0.25) is 0 Å². The van der Waals surface area contributed by atoms with Crippen LogP contribution in [-0.4, -0.2) is 32.8 Å². The van der Waals surface area contributed by atoms with Crippen LogP contribution in [0.1, 0.15) is 53.0 Å². The van der Waals surface area contributed by atoms with Gasteiger partial charge in [-0.15, -0.1) is 6.42 Å². The van der Waals surface area contributed by atoms with Crippen LogP contribution in [0.15, 0.2) is 12.1 Å². The largest absolute Gasteiger partial charge is 0.491 e. The number of anilines is 2. The Morgan fingerprint density at radius 3 is 1.96 bits per heavy atom. The second-order valence-corrected chi connectivity index (χ2v) is 5.53. The predicted molar refractivity (Wildman–Crippen MR) is 102 cm³/mol. The van der Waals surface area contributed by atoms with Gasteiger partial charge in [0.05, 0.1) is 18.0 Å². The van der Waals surface area contributed by atoms with Crippen molar-refractivity contribution in [2.75, 3.05) is 42.6 Å². The Morgan fingerprint density at radius 2 is 1.48 bits per heavy atom. The van der Waals surface area contributed by atoms with Crippen LogP contribution in [0.4, 0.5) is 11.4 Å². The highest BCUT2D eigenvalue weighted by atomic mass is 16.5. The molecule has 0 heterocycles. The fraction of sp³-hybridized carbons (Fsp3) is 0.600. The van der Waals surface area contributed by atoms with Gasteiger partial charge in [0.15, 0.2) is 0 Å². The van der Waals surface area contributed by atoms with Crippen molar-refractivity contribution in [2.24, 2.45) is 0 Å². The number of benzene rings is 1. The average molecular weight is 316 g/mol. The Balaban J connectivity index is 3.34. The molecule has 1 aromatic carbocycles. The fourth-order valence-corrected chi connectivity index (χ4v) is 2.75. The van der Waals surface area contributed by atoms with Gasteiger partial charge in [0, 0.05) is 37.8 Å². The molecule has 3 nitrogen and oxygen atoms in total. The highest BCUT2D eigenvalue weighted by Crippen LogP contribution is 2.36. The normalized spacial score (nSPS) is 10.3. The monoisotopic (exact) mass is 316 g/mol. The summed E-state index contributed by atoms with van der Waals surface area (Å²) in [5.74, 6) is 3.81. The smallest absolute Gasteiger partial charge is 0.144 e. The number of hydrogen-bond acceptors (Lipinski definition) is 3. The van der Waals surface area contributed by atoms with Crippen molar-refractivity contribution in [1.29, 1.82) is 0 Å². The SMILES string of the molecule is C#Cc1cc(N(CC)CC)c(OCCCC)cc1N(CC)CC. The quantitative estimate of drug-likeness (QED) is 0.465. The van der Waals surface area contributed by atoms with Gasteiger partial charge in [0.25, 0.3) is 0 Å². The van der Waals surface area contributed by atoms with E-state index < -0.39 is 0 Å². The molecule has 0 aromatic heterocycles. The van der Waals surface area contributed by atoms with Crippen LogP contribution in [0.25, 0.3) is 0 Å². The summed E-state index contributed by atoms with van der Waals surface area (Å²) < 4.78 is 6.10. The number of terminal acetylenes is 1. The summed E-state index contributed by atoms with van der Waals surface area (Å²) in [6.45, 7) is 15.3. The van der Waals surface area contributed by atoms with Crippen molar-refractivity contribution in [3.8, 4) is 18.1 Å². The Morgan fingerprint density at radius 1 is 0.913 bits per heavy atom. The third kappa shape index (κ3) is 4.82. The summed E-state index contributed by atoms with van der Waals surface area (Å²) in [4.78, 5) is 4.59. The lowest BCUT2D eigenvalue weighted by molar-refractivity contribution is 0.309. The summed E-state index contributed by atoms with van der Waals surface area (Å²) in [6.07, 6.45) is 7.98. The van der Waals surface area contributed by atoms with Gasteiger partial charge >= 0.3 is 0 Å². The van der Waals surface area contributed by atoms with Crippen molar-refractivity contribution in [1.82, 2.24) is 0 Å². The molecule has 0 bridgehead atoms. The first-order chi connectivity index (χ1) is 11.2. The molecule has 0 spiro atoms. The second kappa shape index (κ2) is 10.0. The van der Waals surface area contributed by atoms with E-state index in [0.29, 0.717) is 0 Å². The molecule has 1 aromatic rings. The van der Waals surface area contributed by atoms with Crippen molar-refractivity contribution in [3.05, 3.63) is 17.7 Å². The molecule has 0 aliphatic rings. The van der Waals surface area contributed by atoms with E-state index in [0.717, 1.165) is 68.3 Å². The topological polar surface area (TPSA) is 15.7 Å². The highest BCUT2D eigenvalue weighted by Gasteiger charge is 2.16. The van der Waals surface area contributed by atoms with Crippen LogP contribution in [0.3, 0.4) is 0 Å². The Bertz CT molecular complexity index is 511. The Hall–Kier alpha value is -1.82. The summed E-state index contributed by atoms with van der Waals surface area (Å²) in [5, 5.41) is 0. The molecule has 23 heavy (non-hydrogen) atoms. The number of hydrogen-bond donors (Lipinski definition) is 0. The maximum atomic E-state index is 6.10. The van der Waals surface area contributed by atoms with Crippen molar-refractivity contribution >= 4 is 11.4 Å². The predicted octanol–water partition coefficient (Wildman–Crippen LogP) is 4.54. The molecule has 0 saturated carbocycles. The standard InChI is InChI=1S/C20H32N2O/c1-7-13-14-23-20-16-18(21(9-3)10-4)17(8-2)15-19(20)22(11-5)12-6/h2,15-16H,7,9-14H2,1,3-6H3. The average Bonchev–Trinajstić information content (AvgIpc) is 2.58. The van der Waals surface area contributed by atoms with Gasteiger partial charge in [-0.25, -0.2) is 0 Å². The summed E-state index contributed by atoms with van der Waals surface area (Å²) in [5.41, 5.74) is 3.15. The molecule has 0 atom stereocenters. The zero-order valence-electron chi connectivity index (χ0n) is 15.5. The van der Waals surface area contributed by atoms with E-state index in [1.165, 1.54) is 0 Å². The molecule has 3 heteroatoms. The Kier molecular flexibility index (Phi) is 8.40. The number of nitrogens with zero attached hydrogens (tertiary/aromatic N) is 2. The van der Waals surface area contributed by atoms with Crippen LogP contribution in [0.2, 0.25) is 0 Å². The summed E-state index contributed by atoms with van der Waals surface area (Å²) >= 11 is 0. The number of rotatable bonds is 10. The molecule has 0 saturated heterocycles. The molecule has 0 amide bonds. The minimum Gasteiger partial charge on any atom is -0.491 e. The van der Waals surface area contributed by atoms with Crippen molar-refractivity contribution in [3.63, 3.8) is 0 Å². The molecule has 0 N–H and O–H groups in total. The van der Waals surface area contributed by atoms with Crippen LogP contribution in [0.5, 0.6) is 5.75 Å². The molecular formula is C20H32N2O. The summed E-state index contributed by atoms with van der Waals surface area (Å²) in [7, 11) is 0. The van der Waals surface area contributed by atoms with Gasteiger partial charge in [-0.05, 0) is 40.2 Å². The van der Waals surface area contributed by atoms with Crippen LogP contribution < -0.4 is 14.5 Å². The van der Waals surface area contributed by atoms with E-state index in [9.17, 15) is 0 Å². The second-order valence-electron chi connectivity index (χ2n) is 5.53. The minimum absolute atomic E-state index is 0.748. The fourth-order valence-electron chi connectivity index (χ4n) is 2.75. The van der Waals surface area contributed by atoms with E-state index in [2.05, 4.69) is 62.5 Å². The highest BCUT2D eigenvalue weighted by molar-refractivity contribution is 5.73. The van der Waals surface area contributed by atoms with Gasteiger partial charge in [0.1, 0.15) is 5.75 Å².